The van der Waals surface area contributed by atoms with Crippen molar-refractivity contribution >= 4 is 17.7 Å². The van der Waals surface area contributed by atoms with Gasteiger partial charge < -0.3 is 4.90 Å². The lowest BCUT2D eigenvalue weighted by Gasteiger charge is -2.26. The van der Waals surface area contributed by atoms with E-state index in [1.165, 1.54) is 0 Å². The highest BCUT2D eigenvalue weighted by molar-refractivity contribution is 7.98. The molecule has 1 aromatic heterocycles. The molecule has 0 saturated heterocycles. The monoisotopic (exact) mass is 227 g/mol. The average molecular weight is 227 g/mol. The topological polar surface area (TPSA) is 49.0 Å². The van der Waals surface area contributed by atoms with Gasteiger partial charge in [0.05, 0.1) is 11.8 Å². The molecule has 0 radical (unpaired) electrons. The highest BCUT2D eigenvalue weighted by Crippen LogP contribution is 2.11. The molecule has 1 N–H and O–H groups in total. The van der Waals surface area contributed by atoms with Gasteiger partial charge in [0.25, 0.3) is 5.91 Å². The van der Waals surface area contributed by atoms with Gasteiger partial charge in [-0.05, 0) is 12.7 Å². The smallest absolute Gasteiger partial charge is 0.257 e. The maximum Gasteiger partial charge on any atom is 0.257 e. The van der Waals surface area contributed by atoms with Crippen molar-refractivity contribution in [3.63, 3.8) is 0 Å². The molecule has 1 rings (SSSR count). The van der Waals surface area contributed by atoms with Crippen LogP contribution in [0.5, 0.6) is 0 Å². The predicted molar refractivity (Wildman–Crippen MR) is 63.1 cm³/mol. The van der Waals surface area contributed by atoms with Crippen molar-refractivity contribution in [2.24, 2.45) is 0 Å². The standard InChI is InChI=1S/C10H17N3OS/c1-4-9(7-15-3)13(2)10(14)8-5-11-12-6-8/h5-6,9H,4,7H2,1-3H3,(H,11,12). The van der Waals surface area contributed by atoms with Gasteiger partial charge >= 0.3 is 0 Å². The summed E-state index contributed by atoms with van der Waals surface area (Å²) in [6.07, 6.45) is 6.22. The van der Waals surface area contributed by atoms with Crippen LogP contribution in [0.15, 0.2) is 12.4 Å². The van der Waals surface area contributed by atoms with E-state index in [0.717, 1.165) is 12.2 Å². The highest BCUT2D eigenvalue weighted by atomic mass is 32.2. The number of amides is 1. The Hall–Kier alpha value is -0.970. The van der Waals surface area contributed by atoms with Crippen molar-refractivity contribution in [1.29, 1.82) is 0 Å². The van der Waals surface area contributed by atoms with Crippen LogP contribution < -0.4 is 0 Å². The fourth-order valence-electron chi connectivity index (χ4n) is 1.43. The van der Waals surface area contributed by atoms with E-state index in [9.17, 15) is 4.79 Å². The van der Waals surface area contributed by atoms with Gasteiger partial charge in [-0.25, -0.2) is 0 Å². The number of hydrogen-bond donors (Lipinski definition) is 1. The van der Waals surface area contributed by atoms with E-state index in [-0.39, 0.29) is 5.91 Å². The van der Waals surface area contributed by atoms with Crippen LogP contribution in [0, 0.1) is 0 Å². The van der Waals surface area contributed by atoms with Crippen LogP contribution in [0.25, 0.3) is 0 Å². The second-order valence-electron chi connectivity index (χ2n) is 3.42. The van der Waals surface area contributed by atoms with E-state index in [1.807, 2.05) is 7.05 Å². The molecule has 1 amide bonds. The fraction of sp³-hybridized carbons (Fsp3) is 0.600. The Morgan fingerprint density at radius 3 is 2.93 bits per heavy atom. The second-order valence-corrected chi connectivity index (χ2v) is 4.33. The van der Waals surface area contributed by atoms with Gasteiger partial charge in [0.15, 0.2) is 0 Å². The minimum Gasteiger partial charge on any atom is -0.338 e. The molecule has 0 aliphatic rings. The van der Waals surface area contributed by atoms with Crippen molar-refractivity contribution in [3.05, 3.63) is 18.0 Å². The average Bonchev–Trinajstić information content (AvgIpc) is 2.77. The molecule has 0 bridgehead atoms. The largest absolute Gasteiger partial charge is 0.338 e. The van der Waals surface area contributed by atoms with Crippen LogP contribution in [0.3, 0.4) is 0 Å². The van der Waals surface area contributed by atoms with E-state index < -0.39 is 0 Å². The molecular weight excluding hydrogens is 210 g/mol. The zero-order chi connectivity index (χ0) is 11.3. The summed E-state index contributed by atoms with van der Waals surface area (Å²) in [5.41, 5.74) is 0.622. The molecule has 0 aliphatic carbocycles. The molecule has 5 heteroatoms. The number of nitrogens with one attached hydrogen (secondary N) is 1. The zero-order valence-corrected chi connectivity index (χ0v) is 10.2. The molecule has 84 valence electrons. The van der Waals surface area contributed by atoms with Crippen LogP contribution in [0.1, 0.15) is 23.7 Å². The van der Waals surface area contributed by atoms with Crippen molar-refractivity contribution < 1.29 is 4.79 Å². The Morgan fingerprint density at radius 2 is 2.47 bits per heavy atom. The third kappa shape index (κ3) is 2.99. The lowest BCUT2D eigenvalue weighted by molar-refractivity contribution is 0.0743. The normalized spacial score (nSPS) is 12.5. The number of carbonyl (C=O) groups is 1. The SMILES string of the molecule is CCC(CSC)N(C)C(=O)c1cn[nH]c1. The van der Waals surface area contributed by atoms with Crippen molar-refractivity contribution in [2.45, 2.75) is 19.4 Å². The number of thioether (sulfide) groups is 1. The molecule has 0 saturated carbocycles. The molecule has 15 heavy (non-hydrogen) atoms. The highest BCUT2D eigenvalue weighted by Gasteiger charge is 2.19. The molecule has 0 spiro atoms. The van der Waals surface area contributed by atoms with E-state index in [2.05, 4.69) is 23.4 Å². The minimum absolute atomic E-state index is 0.0321. The first-order valence-corrected chi connectivity index (χ1v) is 6.35. The van der Waals surface area contributed by atoms with E-state index >= 15 is 0 Å². The minimum atomic E-state index is 0.0321. The lowest BCUT2D eigenvalue weighted by Crippen LogP contribution is -2.38. The van der Waals surface area contributed by atoms with Gasteiger partial charge in [-0.2, -0.15) is 16.9 Å². The number of rotatable bonds is 5. The zero-order valence-electron chi connectivity index (χ0n) is 9.36. The van der Waals surface area contributed by atoms with Gasteiger partial charge in [0, 0.05) is 25.0 Å². The van der Waals surface area contributed by atoms with Crippen LogP contribution in [-0.2, 0) is 0 Å². The maximum atomic E-state index is 11.9. The first-order chi connectivity index (χ1) is 7.20. The van der Waals surface area contributed by atoms with E-state index in [4.69, 9.17) is 0 Å². The number of aromatic amines is 1. The molecule has 1 aromatic rings. The van der Waals surface area contributed by atoms with Crippen LogP contribution in [-0.4, -0.2) is 46.1 Å². The third-order valence-corrected chi connectivity index (χ3v) is 3.16. The fourth-order valence-corrected chi connectivity index (χ4v) is 2.28. The molecule has 1 unspecified atom stereocenters. The molecule has 1 atom stereocenters. The Bertz CT molecular complexity index is 300. The third-order valence-electron chi connectivity index (χ3n) is 2.44. The van der Waals surface area contributed by atoms with Gasteiger partial charge in [0.2, 0.25) is 0 Å². The van der Waals surface area contributed by atoms with Crippen LogP contribution >= 0.6 is 11.8 Å². The molecule has 0 aromatic carbocycles. The lowest BCUT2D eigenvalue weighted by atomic mass is 10.2. The molecule has 0 aliphatic heterocycles. The number of H-pyrrole nitrogens is 1. The molecule has 0 fully saturated rings. The first kappa shape index (κ1) is 12.1. The number of nitrogens with zero attached hydrogens (tertiary/aromatic N) is 2. The molecule has 4 nitrogen and oxygen atoms in total. The summed E-state index contributed by atoms with van der Waals surface area (Å²) in [6, 6.07) is 0.294. The predicted octanol–water partition coefficient (Wildman–Crippen LogP) is 1.62. The summed E-state index contributed by atoms with van der Waals surface area (Å²) in [7, 11) is 1.85. The summed E-state index contributed by atoms with van der Waals surface area (Å²) in [5, 5.41) is 6.43. The van der Waals surface area contributed by atoms with E-state index in [1.54, 1.807) is 29.1 Å². The molecule has 1 heterocycles. The van der Waals surface area contributed by atoms with Crippen LogP contribution in [0.2, 0.25) is 0 Å². The van der Waals surface area contributed by atoms with Crippen molar-refractivity contribution in [2.75, 3.05) is 19.1 Å². The van der Waals surface area contributed by atoms with Crippen molar-refractivity contribution in [1.82, 2.24) is 15.1 Å². The number of hydrogen-bond acceptors (Lipinski definition) is 3. The molecular formula is C10H17N3OS. The van der Waals surface area contributed by atoms with E-state index in [0.29, 0.717) is 11.6 Å². The van der Waals surface area contributed by atoms with Crippen LogP contribution in [0.4, 0.5) is 0 Å². The quantitative estimate of drug-likeness (QED) is 0.831. The maximum absolute atomic E-state index is 11.9. The number of carbonyl (C=O) groups excluding carboxylic acids is 1. The summed E-state index contributed by atoms with van der Waals surface area (Å²) < 4.78 is 0. The van der Waals surface area contributed by atoms with Gasteiger partial charge in [-0.1, -0.05) is 6.92 Å². The summed E-state index contributed by atoms with van der Waals surface area (Å²) >= 11 is 1.76. The second kappa shape index (κ2) is 5.80. The Morgan fingerprint density at radius 1 is 1.73 bits per heavy atom. The van der Waals surface area contributed by atoms with Crippen molar-refractivity contribution in [3.8, 4) is 0 Å². The Kier molecular flexibility index (Phi) is 4.68. The summed E-state index contributed by atoms with van der Waals surface area (Å²) in [6.45, 7) is 2.10. The first-order valence-electron chi connectivity index (χ1n) is 4.95. The summed E-state index contributed by atoms with van der Waals surface area (Å²) in [4.78, 5) is 13.7. The Balaban J connectivity index is 2.66. The van der Waals surface area contributed by atoms with Gasteiger partial charge in [-0.3, -0.25) is 9.89 Å². The van der Waals surface area contributed by atoms with Gasteiger partial charge in [-0.15, -0.1) is 0 Å². The number of aromatic nitrogens is 2. The van der Waals surface area contributed by atoms with Gasteiger partial charge in [0.1, 0.15) is 0 Å². The Labute approximate surface area is 94.4 Å². The summed E-state index contributed by atoms with van der Waals surface area (Å²) in [5.74, 6) is 1.00.